The Morgan fingerprint density at radius 3 is 2.47 bits per heavy atom. The van der Waals surface area contributed by atoms with Gasteiger partial charge in [-0.2, -0.15) is 5.26 Å². The minimum absolute atomic E-state index is 0.651. The van der Waals surface area contributed by atoms with E-state index < -0.39 is 0 Å². The summed E-state index contributed by atoms with van der Waals surface area (Å²) < 4.78 is 8.78. The highest BCUT2D eigenvalue weighted by molar-refractivity contribution is 6.14. The topological polar surface area (TPSA) is 40.8 Å². The molecule has 32 heavy (non-hydrogen) atoms. The lowest BCUT2D eigenvalue weighted by molar-refractivity contribution is -0.660. The van der Waals surface area contributed by atoms with Crippen LogP contribution in [-0.2, 0) is 19.9 Å². The van der Waals surface area contributed by atoms with Crippen molar-refractivity contribution >= 4 is 21.9 Å². The van der Waals surface area contributed by atoms with E-state index in [1.807, 2.05) is 18.2 Å². The Bertz CT molecular complexity index is 1580. The van der Waals surface area contributed by atoms with E-state index >= 15 is 0 Å². The first kappa shape index (κ1) is 18.8. The lowest BCUT2D eigenvalue weighted by Gasteiger charge is -2.08. The molecule has 0 N–H and O–H groups in total. The number of hydrogen-bond donors (Lipinski definition) is 0. The standard InChI is InChI=1S/C29H23N2O/c1-18-9-13-23-24-14-12-22(17-30)27(21-11-10-19-6-5-7-20(19)16-21)29(24)32-28(23)26(18)25-8-3-4-15-31(25)2/h3-4,8-16H,5-7H2,1-2H3/q+1. The highest BCUT2D eigenvalue weighted by Gasteiger charge is 2.23. The van der Waals surface area contributed by atoms with Crippen LogP contribution in [0.1, 0.15) is 28.7 Å². The van der Waals surface area contributed by atoms with E-state index in [9.17, 15) is 5.26 Å². The van der Waals surface area contributed by atoms with E-state index in [1.54, 1.807) is 0 Å². The van der Waals surface area contributed by atoms with E-state index in [4.69, 9.17) is 4.42 Å². The summed E-state index contributed by atoms with van der Waals surface area (Å²) in [5, 5.41) is 12.1. The van der Waals surface area contributed by atoms with Crippen LogP contribution in [0.25, 0.3) is 44.3 Å². The summed E-state index contributed by atoms with van der Waals surface area (Å²) in [7, 11) is 2.06. The lowest BCUT2D eigenvalue weighted by Crippen LogP contribution is -2.30. The fourth-order valence-corrected chi connectivity index (χ4v) is 5.21. The first-order chi connectivity index (χ1) is 15.7. The molecule has 0 saturated heterocycles. The van der Waals surface area contributed by atoms with Crippen molar-refractivity contribution in [3.8, 4) is 28.5 Å². The molecule has 0 saturated carbocycles. The zero-order valence-corrected chi connectivity index (χ0v) is 18.3. The molecule has 0 spiro atoms. The SMILES string of the molecule is Cc1ccc2c(oc3c(-c4ccc5c(c4)CCC5)c(C#N)ccc32)c1-c1cccc[n+]1C. The Labute approximate surface area is 187 Å². The summed E-state index contributed by atoms with van der Waals surface area (Å²) in [6.07, 6.45) is 5.51. The van der Waals surface area contributed by atoms with Gasteiger partial charge in [-0.25, -0.2) is 4.57 Å². The van der Waals surface area contributed by atoms with Crippen molar-refractivity contribution in [2.45, 2.75) is 26.2 Å². The first-order valence-electron chi connectivity index (χ1n) is 11.1. The van der Waals surface area contributed by atoms with Crippen LogP contribution in [0, 0.1) is 18.3 Å². The minimum atomic E-state index is 0.651. The van der Waals surface area contributed by atoms with Crippen LogP contribution in [0.3, 0.4) is 0 Å². The number of nitriles is 1. The molecule has 0 fully saturated rings. The Kier molecular flexibility index (Phi) is 4.16. The van der Waals surface area contributed by atoms with Crippen LogP contribution >= 0.6 is 0 Å². The van der Waals surface area contributed by atoms with Crippen molar-refractivity contribution in [1.82, 2.24) is 0 Å². The molecule has 0 bridgehead atoms. The predicted octanol–water partition coefficient (Wildman–Crippen LogP) is 6.41. The number of fused-ring (bicyclic) bond motifs is 4. The maximum absolute atomic E-state index is 9.93. The molecular weight excluding hydrogens is 392 g/mol. The third kappa shape index (κ3) is 2.70. The van der Waals surface area contributed by atoms with Gasteiger partial charge >= 0.3 is 0 Å². The molecule has 1 aliphatic carbocycles. The summed E-state index contributed by atoms with van der Waals surface area (Å²) in [4.78, 5) is 0. The van der Waals surface area contributed by atoms with Gasteiger partial charge in [0.1, 0.15) is 18.2 Å². The van der Waals surface area contributed by atoms with Crippen LogP contribution in [-0.4, -0.2) is 0 Å². The monoisotopic (exact) mass is 415 g/mol. The van der Waals surface area contributed by atoms with Crippen LogP contribution in [0.4, 0.5) is 0 Å². The number of nitrogens with zero attached hydrogens (tertiary/aromatic N) is 2. The smallest absolute Gasteiger partial charge is 0.216 e. The molecule has 5 aromatic rings. The Morgan fingerprint density at radius 2 is 1.66 bits per heavy atom. The first-order valence-corrected chi connectivity index (χ1v) is 11.1. The maximum Gasteiger partial charge on any atom is 0.216 e. The summed E-state index contributed by atoms with van der Waals surface area (Å²) in [6, 6.07) is 23.5. The minimum Gasteiger partial charge on any atom is -0.454 e. The average molecular weight is 416 g/mol. The third-order valence-electron chi connectivity index (χ3n) is 6.84. The molecule has 1 aliphatic rings. The molecule has 0 unspecified atom stereocenters. The number of aromatic nitrogens is 1. The van der Waals surface area contributed by atoms with Crippen LogP contribution in [0.15, 0.2) is 71.3 Å². The molecule has 3 nitrogen and oxygen atoms in total. The van der Waals surface area contributed by atoms with Gasteiger partial charge in [-0.1, -0.05) is 30.3 Å². The van der Waals surface area contributed by atoms with Crippen LogP contribution < -0.4 is 4.57 Å². The number of aryl methyl sites for hydroxylation is 4. The molecule has 3 aromatic carbocycles. The third-order valence-corrected chi connectivity index (χ3v) is 6.84. The molecule has 0 amide bonds. The van der Waals surface area contributed by atoms with E-state index in [1.165, 1.54) is 17.5 Å². The molecule has 3 heteroatoms. The number of furan rings is 1. The predicted molar refractivity (Wildman–Crippen MR) is 127 cm³/mol. The molecule has 0 aliphatic heterocycles. The number of benzene rings is 3. The molecule has 2 aromatic heterocycles. The largest absolute Gasteiger partial charge is 0.454 e. The quantitative estimate of drug-likeness (QED) is 0.312. The zero-order valence-electron chi connectivity index (χ0n) is 18.3. The second-order valence-corrected chi connectivity index (χ2v) is 8.75. The molecule has 6 rings (SSSR count). The van der Waals surface area contributed by atoms with Gasteiger partial charge in [-0.05, 0) is 66.6 Å². The highest BCUT2D eigenvalue weighted by Crippen LogP contribution is 2.42. The summed E-state index contributed by atoms with van der Waals surface area (Å²) in [5.74, 6) is 0. The number of rotatable bonds is 2. The van der Waals surface area contributed by atoms with Crippen molar-refractivity contribution in [3.05, 3.63) is 89.1 Å². The average Bonchev–Trinajstić information content (AvgIpc) is 3.42. The van der Waals surface area contributed by atoms with Crippen LogP contribution in [0.2, 0.25) is 0 Å². The van der Waals surface area contributed by atoms with Gasteiger partial charge in [0.15, 0.2) is 6.20 Å². The summed E-state index contributed by atoms with van der Waals surface area (Å²) in [6.45, 7) is 2.12. The molecule has 154 valence electrons. The number of hydrogen-bond acceptors (Lipinski definition) is 2. The number of pyridine rings is 1. The lowest BCUT2D eigenvalue weighted by atomic mass is 9.94. The highest BCUT2D eigenvalue weighted by atomic mass is 16.3. The van der Waals surface area contributed by atoms with Gasteiger partial charge < -0.3 is 4.42 Å². The Morgan fingerprint density at radius 1 is 0.875 bits per heavy atom. The maximum atomic E-state index is 9.93. The molecular formula is C29H23N2O+. The van der Waals surface area contributed by atoms with Gasteiger partial charge in [0.25, 0.3) is 0 Å². The molecule has 0 radical (unpaired) electrons. The van der Waals surface area contributed by atoms with Gasteiger partial charge in [0, 0.05) is 28.5 Å². The Hall–Kier alpha value is -3.90. The van der Waals surface area contributed by atoms with Crippen molar-refractivity contribution in [3.63, 3.8) is 0 Å². The fourth-order valence-electron chi connectivity index (χ4n) is 5.21. The van der Waals surface area contributed by atoms with E-state index in [0.717, 1.165) is 62.7 Å². The van der Waals surface area contributed by atoms with E-state index in [-0.39, 0.29) is 0 Å². The van der Waals surface area contributed by atoms with Crippen molar-refractivity contribution < 1.29 is 8.98 Å². The van der Waals surface area contributed by atoms with Gasteiger partial charge in [-0.15, -0.1) is 0 Å². The fraction of sp³-hybridized carbons (Fsp3) is 0.172. The van der Waals surface area contributed by atoms with E-state index in [2.05, 4.69) is 73.3 Å². The van der Waals surface area contributed by atoms with Gasteiger partial charge in [-0.3, -0.25) is 0 Å². The zero-order chi connectivity index (χ0) is 21.8. The van der Waals surface area contributed by atoms with Crippen molar-refractivity contribution in [2.75, 3.05) is 0 Å². The second-order valence-electron chi connectivity index (χ2n) is 8.75. The molecule has 2 heterocycles. The second kappa shape index (κ2) is 7.07. The van der Waals surface area contributed by atoms with Crippen molar-refractivity contribution in [2.24, 2.45) is 7.05 Å². The Balaban J connectivity index is 1.71. The van der Waals surface area contributed by atoms with Crippen molar-refractivity contribution in [1.29, 1.82) is 5.26 Å². The summed E-state index contributed by atoms with van der Waals surface area (Å²) in [5.41, 5.74) is 10.5. The normalized spacial score (nSPS) is 12.9. The van der Waals surface area contributed by atoms with E-state index in [0.29, 0.717) is 5.56 Å². The van der Waals surface area contributed by atoms with Gasteiger partial charge in [0.2, 0.25) is 5.69 Å². The summed E-state index contributed by atoms with van der Waals surface area (Å²) >= 11 is 0. The van der Waals surface area contributed by atoms with Gasteiger partial charge in [0.05, 0.1) is 17.2 Å². The molecule has 0 atom stereocenters. The van der Waals surface area contributed by atoms with Crippen LogP contribution in [0.5, 0.6) is 0 Å².